The van der Waals surface area contributed by atoms with Crippen molar-refractivity contribution in [3.63, 3.8) is 0 Å². The second kappa shape index (κ2) is 6.11. The first-order valence-electron chi connectivity index (χ1n) is 8.28. The highest BCUT2D eigenvalue weighted by molar-refractivity contribution is 5.87. The van der Waals surface area contributed by atoms with Crippen molar-refractivity contribution in [2.24, 2.45) is 5.41 Å². The van der Waals surface area contributed by atoms with Crippen LogP contribution in [0.5, 0.6) is 0 Å². The molecule has 0 aromatic heterocycles. The maximum atomic E-state index is 13.1. The number of nitrogens with one attached hydrogen (secondary N) is 1. The highest BCUT2D eigenvalue weighted by Crippen LogP contribution is 2.64. The molecule has 1 aliphatic heterocycles. The van der Waals surface area contributed by atoms with Gasteiger partial charge in [-0.2, -0.15) is 0 Å². The third kappa shape index (κ3) is 2.00. The molecular formula is C18H25NO5. The van der Waals surface area contributed by atoms with E-state index in [4.69, 9.17) is 9.47 Å². The van der Waals surface area contributed by atoms with Gasteiger partial charge in [-0.15, -0.1) is 0 Å². The van der Waals surface area contributed by atoms with Crippen molar-refractivity contribution in [1.29, 1.82) is 0 Å². The minimum Gasteiger partial charge on any atom is -0.393 e. The third-order valence-corrected chi connectivity index (χ3v) is 5.81. The van der Waals surface area contributed by atoms with Gasteiger partial charge in [0, 0.05) is 26.7 Å². The Labute approximate surface area is 141 Å². The summed E-state index contributed by atoms with van der Waals surface area (Å²) in [6.45, 7) is 0.0379. The molecule has 3 atom stereocenters. The Kier molecular flexibility index (Phi) is 4.42. The molecule has 1 aromatic rings. The first-order valence-corrected chi connectivity index (χ1v) is 8.28. The van der Waals surface area contributed by atoms with Gasteiger partial charge in [-0.05, 0) is 24.8 Å². The fourth-order valence-electron chi connectivity index (χ4n) is 4.86. The van der Waals surface area contributed by atoms with Gasteiger partial charge in [0.2, 0.25) is 11.7 Å². The van der Waals surface area contributed by atoms with Crippen LogP contribution in [0.1, 0.15) is 30.7 Å². The lowest BCUT2D eigenvalue weighted by molar-refractivity contribution is -0.332. The Hall–Kier alpha value is -1.47. The zero-order valence-electron chi connectivity index (χ0n) is 14.1. The molecule has 0 bridgehead atoms. The fourth-order valence-corrected chi connectivity index (χ4v) is 4.86. The van der Waals surface area contributed by atoms with Crippen LogP contribution in [0.3, 0.4) is 0 Å². The lowest BCUT2D eigenvalue weighted by Gasteiger charge is -2.50. The normalized spacial score (nSPS) is 35.2. The second-order valence-corrected chi connectivity index (χ2v) is 6.71. The van der Waals surface area contributed by atoms with Crippen molar-refractivity contribution in [2.75, 3.05) is 27.4 Å². The number of hydrogen-bond donors (Lipinski definition) is 3. The highest BCUT2D eigenvalue weighted by atomic mass is 16.7. The molecule has 24 heavy (non-hydrogen) atoms. The van der Waals surface area contributed by atoms with Gasteiger partial charge in [-0.3, -0.25) is 4.79 Å². The molecule has 3 N–H and O–H groups in total. The number of methoxy groups -OCH3 is 2. The quantitative estimate of drug-likeness (QED) is 0.708. The molecule has 1 spiro atoms. The summed E-state index contributed by atoms with van der Waals surface area (Å²) in [6, 6.07) is 9.59. The Bertz CT molecular complexity index is 603. The van der Waals surface area contributed by atoms with Crippen LogP contribution in [-0.4, -0.2) is 54.9 Å². The third-order valence-electron chi connectivity index (χ3n) is 5.81. The van der Waals surface area contributed by atoms with Gasteiger partial charge in [-0.25, -0.2) is 0 Å². The first kappa shape index (κ1) is 17.4. The molecule has 2 fully saturated rings. The number of hydrogen-bond acceptors (Lipinski definition) is 5. The van der Waals surface area contributed by atoms with Gasteiger partial charge in [0.1, 0.15) is 11.0 Å². The van der Waals surface area contributed by atoms with Gasteiger partial charge < -0.3 is 25.0 Å². The van der Waals surface area contributed by atoms with Gasteiger partial charge in [0.25, 0.3) is 0 Å². The fraction of sp³-hybridized carbons (Fsp3) is 0.611. The van der Waals surface area contributed by atoms with E-state index < -0.39 is 23.4 Å². The van der Waals surface area contributed by atoms with Crippen molar-refractivity contribution in [2.45, 2.75) is 36.6 Å². The van der Waals surface area contributed by atoms with Crippen LogP contribution in [0.2, 0.25) is 0 Å². The minimum absolute atomic E-state index is 0.183. The number of aliphatic hydroxyl groups is 2. The molecule has 2 aliphatic rings. The summed E-state index contributed by atoms with van der Waals surface area (Å²) in [7, 11) is 2.84. The summed E-state index contributed by atoms with van der Waals surface area (Å²) in [6.07, 6.45) is 1.45. The summed E-state index contributed by atoms with van der Waals surface area (Å²) >= 11 is 0. The van der Waals surface area contributed by atoms with E-state index >= 15 is 0 Å². The van der Waals surface area contributed by atoms with E-state index in [1.165, 1.54) is 14.2 Å². The molecule has 0 radical (unpaired) electrons. The largest absolute Gasteiger partial charge is 0.393 e. The van der Waals surface area contributed by atoms with Crippen LogP contribution in [0.4, 0.5) is 0 Å². The van der Waals surface area contributed by atoms with Crippen LogP contribution in [-0.2, 0) is 14.3 Å². The van der Waals surface area contributed by atoms with Crippen molar-refractivity contribution in [3.8, 4) is 0 Å². The Balaban J connectivity index is 2.24. The summed E-state index contributed by atoms with van der Waals surface area (Å²) in [5.41, 5.74) is -1.85. The number of rotatable bonds is 4. The zero-order chi connectivity index (χ0) is 17.4. The number of ether oxygens (including phenoxy) is 2. The molecule has 1 aliphatic carbocycles. The van der Waals surface area contributed by atoms with Gasteiger partial charge in [-0.1, -0.05) is 30.3 Å². The standard InChI is InChI=1S/C18H25NO5/c1-23-18(24-2)16(22,12-20)11-14(13-7-4-3-5-8-13)17(18)9-6-10-19-15(17)21/h3-5,7-8,14,20,22H,6,9-12H2,1-2H3,(H,19,21)/t14-,16+,17-/m1/s1. The molecule has 6 heteroatoms. The number of aliphatic hydroxyl groups excluding tert-OH is 1. The zero-order valence-corrected chi connectivity index (χ0v) is 14.1. The van der Waals surface area contributed by atoms with E-state index in [0.717, 1.165) is 12.0 Å². The number of piperidine rings is 1. The van der Waals surface area contributed by atoms with E-state index in [2.05, 4.69) is 5.32 Å². The maximum Gasteiger partial charge on any atom is 0.232 e. The van der Waals surface area contributed by atoms with Gasteiger partial charge in [0.15, 0.2) is 0 Å². The molecule has 6 nitrogen and oxygen atoms in total. The van der Waals surface area contributed by atoms with E-state index in [-0.39, 0.29) is 18.2 Å². The predicted molar refractivity (Wildman–Crippen MR) is 87.3 cm³/mol. The number of benzene rings is 1. The van der Waals surface area contributed by atoms with Crippen molar-refractivity contribution in [1.82, 2.24) is 5.32 Å². The average molecular weight is 335 g/mol. The molecule has 3 rings (SSSR count). The second-order valence-electron chi connectivity index (χ2n) is 6.71. The highest BCUT2D eigenvalue weighted by Gasteiger charge is 2.76. The Morgan fingerprint density at radius 3 is 2.46 bits per heavy atom. The van der Waals surface area contributed by atoms with Crippen LogP contribution in [0.25, 0.3) is 0 Å². The molecule has 132 valence electrons. The summed E-state index contributed by atoms with van der Waals surface area (Å²) in [5.74, 6) is -2.13. The van der Waals surface area contributed by atoms with E-state index in [1.807, 2.05) is 30.3 Å². The topological polar surface area (TPSA) is 88.0 Å². The van der Waals surface area contributed by atoms with E-state index in [0.29, 0.717) is 13.0 Å². The van der Waals surface area contributed by atoms with Crippen LogP contribution in [0, 0.1) is 5.41 Å². The van der Waals surface area contributed by atoms with Crippen molar-refractivity contribution < 1.29 is 24.5 Å². The summed E-state index contributed by atoms with van der Waals surface area (Å²) in [5, 5.41) is 24.1. The monoisotopic (exact) mass is 335 g/mol. The molecule has 1 saturated carbocycles. The molecule has 1 saturated heterocycles. The molecule has 0 unspecified atom stereocenters. The Morgan fingerprint density at radius 2 is 1.92 bits per heavy atom. The van der Waals surface area contributed by atoms with E-state index in [9.17, 15) is 15.0 Å². The first-order chi connectivity index (χ1) is 11.5. The molecular weight excluding hydrogens is 310 g/mol. The summed E-state index contributed by atoms with van der Waals surface area (Å²) < 4.78 is 11.4. The van der Waals surface area contributed by atoms with Crippen LogP contribution >= 0.6 is 0 Å². The number of amides is 1. The predicted octanol–water partition coefficient (Wildman–Crippen LogP) is 0.783. The summed E-state index contributed by atoms with van der Waals surface area (Å²) in [4.78, 5) is 13.1. The van der Waals surface area contributed by atoms with Gasteiger partial charge in [0.05, 0.1) is 6.61 Å². The Morgan fingerprint density at radius 1 is 1.25 bits per heavy atom. The smallest absolute Gasteiger partial charge is 0.232 e. The lowest BCUT2D eigenvalue weighted by atomic mass is 9.65. The number of carbonyl (C=O) groups excluding carboxylic acids is 1. The SMILES string of the molecule is COC1(OC)[C@@](O)(CO)C[C@H](c2ccccc2)[C@@]12CCCNC2=O. The van der Waals surface area contributed by atoms with Crippen molar-refractivity contribution in [3.05, 3.63) is 35.9 Å². The van der Waals surface area contributed by atoms with Crippen molar-refractivity contribution >= 4 is 5.91 Å². The van der Waals surface area contributed by atoms with Crippen LogP contribution < -0.4 is 5.32 Å². The maximum absolute atomic E-state index is 13.1. The minimum atomic E-state index is -1.67. The lowest BCUT2D eigenvalue weighted by Crippen LogP contribution is -2.68. The molecule has 1 aromatic carbocycles. The van der Waals surface area contributed by atoms with Crippen LogP contribution in [0.15, 0.2) is 30.3 Å². The molecule has 1 heterocycles. The molecule has 1 amide bonds. The van der Waals surface area contributed by atoms with Gasteiger partial charge >= 0.3 is 0 Å². The average Bonchev–Trinajstić information content (AvgIpc) is 2.85. The number of carbonyl (C=O) groups is 1. The van der Waals surface area contributed by atoms with E-state index in [1.54, 1.807) is 0 Å².